The number of carbonyl (C=O) groups is 2. The van der Waals surface area contributed by atoms with Crippen LogP contribution in [0.5, 0.6) is 0 Å². The van der Waals surface area contributed by atoms with Gasteiger partial charge < -0.3 is 10.0 Å². The van der Waals surface area contributed by atoms with Gasteiger partial charge in [-0.2, -0.15) is 0 Å². The van der Waals surface area contributed by atoms with Crippen LogP contribution in [0.15, 0.2) is 36.9 Å². The molecule has 0 saturated carbocycles. The highest BCUT2D eigenvalue weighted by atomic mass is 19.1. The first-order valence-corrected chi connectivity index (χ1v) is 6.46. The Labute approximate surface area is 123 Å². The largest absolute Gasteiger partial charge is 0.480 e. The molecule has 6 heteroatoms. The Morgan fingerprint density at radius 2 is 2.00 bits per heavy atom. The number of nitrogens with zero attached hydrogens (tertiary/aromatic N) is 2. The molecule has 0 aliphatic heterocycles. The van der Waals surface area contributed by atoms with Gasteiger partial charge >= 0.3 is 5.97 Å². The Morgan fingerprint density at radius 3 is 2.57 bits per heavy atom. The molecule has 1 amide bonds. The van der Waals surface area contributed by atoms with Crippen molar-refractivity contribution >= 4 is 11.9 Å². The van der Waals surface area contributed by atoms with Crippen LogP contribution >= 0.6 is 0 Å². The lowest BCUT2D eigenvalue weighted by atomic mass is 10.2. The zero-order valence-corrected chi connectivity index (χ0v) is 12.0. The number of benzene rings is 1. The fourth-order valence-corrected chi connectivity index (χ4v) is 1.84. The number of carboxylic acids is 1. The molecule has 0 unspecified atom stereocenters. The quantitative estimate of drug-likeness (QED) is 0.735. The van der Waals surface area contributed by atoms with E-state index in [4.69, 9.17) is 5.11 Å². The molecule has 114 valence electrons. The van der Waals surface area contributed by atoms with Gasteiger partial charge in [-0.05, 0) is 6.07 Å². The Balaban J connectivity index is 2.62. The second-order valence-corrected chi connectivity index (χ2v) is 4.69. The van der Waals surface area contributed by atoms with Crippen molar-refractivity contribution in [1.82, 2.24) is 9.80 Å². The smallest absolute Gasteiger partial charge is 0.317 e. The molecule has 0 heterocycles. The van der Waals surface area contributed by atoms with E-state index in [-0.39, 0.29) is 31.4 Å². The van der Waals surface area contributed by atoms with Crippen molar-refractivity contribution < 1.29 is 19.1 Å². The average molecular weight is 294 g/mol. The molecule has 0 aliphatic rings. The topological polar surface area (TPSA) is 60.9 Å². The summed E-state index contributed by atoms with van der Waals surface area (Å²) in [7, 11) is 1.56. The predicted octanol–water partition coefficient (Wildman–Crippen LogP) is 1.36. The van der Waals surface area contributed by atoms with E-state index in [1.165, 1.54) is 21.9 Å². The molecular weight excluding hydrogens is 275 g/mol. The van der Waals surface area contributed by atoms with Crippen LogP contribution in [0.1, 0.15) is 5.56 Å². The van der Waals surface area contributed by atoms with E-state index < -0.39 is 5.97 Å². The summed E-state index contributed by atoms with van der Waals surface area (Å²) in [5.41, 5.74) is 0.418. The number of halogens is 1. The number of likely N-dealkylation sites (N-methyl/N-ethyl adjacent to an activating group) is 1. The Morgan fingerprint density at radius 1 is 1.33 bits per heavy atom. The maximum absolute atomic E-state index is 13.5. The number of hydrogen-bond acceptors (Lipinski definition) is 3. The molecule has 1 rings (SSSR count). The number of aliphatic carboxylic acids is 1. The van der Waals surface area contributed by atoms with Gasteiger partial charge in [0.05, 0.1) is 13.1 Å². The Hall–Kier alpha value is -2.21. The first-order chi connectivity index (χ1) is 9.93. The van der Waals surface area contributed by atoms with Crippen molar-refractivity contribution in [2.75, 3.05) is 26.7 Å². The van der Waals surface area contributed by atoms with E-state index >= 15 is 0 Å². The number of rotatable bonds is 8. The molecule has 0 aliphatic carbocycles. The molecule has 1 aromatic rings. The second kappa shape index (κ2) is 8.16. The highest BCUT2D eigenvalue weighted by Gasteiger charge is 2.16. The van der Waals surface area contributed by atoms with E-state index in [1.54, 1.807) is 25.2 Å². The van der Waals surface area contributed by atoms with Gasteiger partial charge in [0.1, 0.15) is 5.82 Å². The van der Waals surface area contributed by atoms with Gasteiger partial charge in [0.2, 0.25) is 5.91 Å². The minimum Gasteiger partial charge on any atom is -0.480 e. The fraction of sp³-hybridized carbons (Fsp3) is 0.333. The van der Waals surface area contributed by atoms with E-state index in [0.717, 1.165) is 0 Å². The monoisotopic (exact) mass is 294 g/mol. The molecule has 1 N–H and O–H groups in total. The minimum atomic E-state index is -1.01. The number of carbonyl (C=O) groups excluding carboxylic acids is 1. The molecule has 0 saturated heterocycles. The SMILES string of the molecule is C=CCN(CC(=O)O)CC(=O)N(C)Cc1ccccc1F. The van der Waals surface area contributed by atoms with Crippen LogP contribution < -0.4 is 0 Å². The lowest BCUT2D eigenvalue weighted by Crippen LogP contribution is -2.40. The summed E-state index contributed by atoms with van der Waals surface area (Å²) in [6, 6.07) is 6.23. The Kier molecular flexibility index (Phi) is 6.55. The van der Waals surface area contributed by atoms with Crippen molar-refractivity contribution in [3.05, 3.63) is 48.3 Å². The van der Waals surface area contributed by atoms with Crippen LogP contribution in [-0.4, -0.2) is 53.5 Å². The lowest BCUT2D eigenvalue weighted by molar-refractivity contribution is -0.139. The van der Waals surface area contributed by atoms with Gasteiger partial charge in [-0.1, -0.05) is 24.3 Å². The van der Waals surface area contributed by atoms with Gasteiger partial charge in [0.25, 0.3) is 0 Å². The average Bonchev–Trinajstić information content (AvgIpc) is 2.40. The van der Waals surface area contributed by atoms with E-state index in [9.17, 15) is 14.0 Å². The van der Waals surface area contributed by atoms with Crippen LogP contribution in [0, 0.1) is 5.82 Å². The summed E-state index contributed by atoms with van der Waals surface area (Å²) in [5, 5.41) is 8.78. The molecule has 21 heavy (non-hydrogen) atoms. The summed E-state index contributed by atoms with van der Waals surface area (Å²) >= 11 is 0. The molecule has 1 aromatic carbocycles. The Bertz CT molecular complexity index is 519. The predicted molar refractivity (Wildman–Crippen MR) is 77.1 cm³/mol. The molecule has 0 radical (unpaired) electrons. The molecular formula is C15H19FN2O3. The zero-order chi connectivity index (χ0) is 15.8. The maximum Gasteiger partial charge on any atom is 0.317 e. The second-order valence-electron chi connectivity index (χ2n) is 4.69. The third kappa shape index (κ3) is 5.74. The molecule has 0 spiro atoms. The molecule has 0 atom stereocenters. The van der Waals surface area contributed by atoms with Crippen LogP contribution in [-0.2, 0) is 16.1 Å². The number of carboxylic acid groups (broad SMARTS) is 1. The van der Waals surface area contributed by atoms with Gasteiger partial charge in [0, 0.05) is 25.7 Å². The highest BCUT2D eigenvalue weighted by Crippen LogP contribution is 2.09. The van der Waals surface area contributed by atoms with Gasteiger partial charge in [-0.3, -0.25) is 14.5 Å². The molecule has 0 aromatic heterocycles. The fourth-order valence-electron chi connectivity index (χ4n) is 1.84. The normalized spacial score (nSPS) is 10.4. The van der Waals surface area contributed by atoms with Crippen LogP contribution in [0.2, 0.25) is 0 Å². The van der Waals surface area contributed by atoms with Crippen LogP contribution in [0.4, 0.5) is 4.39 Å². The zero-order valence-electron chi connectivity index (χ0n) is 12.0. The van der Waals surface area contributed by atoms with Gasteiger partial charge in [-0.25, -0.2) is 4.39 Å². The maximum atomic E-state index is 13.5. The van der Waals surface area contributed by atoms with Crippen molar-refractivity contribution in [3.8, 4) is 0 Å². The van der Waals surface area contributed by atoms with Crippen molar-refractivity contribution in [1.29, 1.82) is 0 Å². The first kappa shape index (κ1) is 16.8. The van der Waals surface area contributed by atoms with Crippen molar-refractivity contribution in [2.24, 2.45) is 0 Å². The number of amides is 1. The van der Waals surface area contributed by atoms with Gasteiger partial charge in [0.15, 0.2) is 0 Å². The molecule has 5 nitrogen and oxygen atoms in total. The van der Waals surface area contributed by atoms with Crippen LogP contribution in [0.25, 0.3) is 0 Å². The molecule has 0 bridgehead atoms. The standard InChI is InChI=1S/C15H19FN2O3/c1-3-8-18(11-15(20)21)10-14(19)17(2)9-12-6-4-5-7-13(12)16/h3-7H,1,8-11H2,2H3,(H,20,21). The third-order valence-corrected chi connectivity index (χ3v) is 2.90. The molecule has 0 fully saturated rings. The lowest BCUT2D eigenvalue weighted by Gasteiger charge is -2.23. The van der Waals surface area contributed by atoms with E-state index in [1.807, 2.05) is 0 Å². The van der Waals surface area contributed by atoms with Crippen LogP contribution in [0.3, 0.4) is 0 Å². The summed E-state index contributed by atoms with van der Waals surface area (Å²) < 4.78 is 13.5. The third-order valence-electron chi connectivity index (χ3n) is 2.90. The summed E-state index contributed by atoms with van der Waals surface area (Å²) in [6.45, 7) is 3.67. The summed E-state index contributed by atoms with van der Waals surface area (Å²) in [6.07, 6.45) is 1.53. The van der Waals surface area contributed by atoms with Crippen molar-refractivity contribution in [3.63, 3.8) is 0 Å². The van der Waals surface area contributed by atoms with E-state index in [2.05, 4.69) is 6.58 Å². The number of hydrogen-bond donors (Lipinski definition) is 1. The highest BCUT2D eigenvalue weighted by molar-refractivity contribution is 5.79. The summed E-state index contributed by atoms with van der Waals surface area (Å²) in [5.74, 6) is -1.66. The van der Waals surface area contributed by atoms with Gasteiger partial charge in [-0.15, -0.1) is 6.58 Å². The minimum absolute atomic E-state index is 0.0523. The summed E-state index contributed by atoms with van der Waals surface area (Å²) in [4.78, 5) is 25.6. The van der Waals surface area contributed by atoms with E-state index in [0.29, 0.717) is 12.1 Å². The van der Waals surface area contributed by atoms with Crippen molar-refractivity contribution in [2.45, 2.75) is 6.54 Å². The first-order valence-electron chi connectivity index (χ1n) is 6.46.